The molecule has 5 nitrogen and oxygen atoms in total. The van der Waals surface area contributed by atoms with E-state index in [9.17, 15) is 23.1 Å². The van der Waals surface area contributed by atoms with Crippen molar-refractivity contribution < 1.29 is 32.2 Å². The summed E-state index contributed by atoms with van der Waals surface area (Å²) < 4.78 is 62.8. The highest BCUT2D eigenvalue weighted by molar-refractivity contribution is 5.91. The van der Waals surface area contributed by atoms with Crippen LogP contribution in [0.4, 0.5) is 17.6 Å². The Hall–Kier alpha value is -2.23. The molecule has 1 aromatic rings. The molecule has 0 spiro atoms. The van der Waals surface area contributed by atoms with E-state index in [0.717, 1.165) is 5.56 Å². The maximum Gasteiger partial charge on any atom is 0.395 e. The lowest BCUT2D eigenvalue weighted by Crippen LogP contribution is -2.55. The number of aliphatic hydroxyl groups excluding tert-OH is 1. The number of alkyl halides is 3. The number of hydrogen-bond acceptors (Lipinski definition) is 4. The molecule has 214 valence electrons. The first-order chi connectivity index (χ1) is 18.6. The molecular formula is C30H38F4N2O3. The Morgan fingerprint density at radius 2 is 1.77 bits per heavy atom. The van der Waals surface area contributed by atoms with Crippen LogP contribution in [0.5, 0.6) is 0 Å². The van der Waals surface area contributed by atoms with Crippen molar-refractivity contribution in [2.45, 2.75) is 69.2 Å². The van der Waals surface area contributed by atoms with Crippen molar-refractivity contribution in [1.82, 2.24) is 9.80 Å². The van der Waals surface area contributed by atoms with Crippen molar-refractivity contribution >= 4 is 11.5 Å². The van der Waals surface area contributed by atoms with E-state index in [2.05, 4.69) is 0 Å². The standard InChI is InChI=1S/C30H38F4N2O3/c31-26-18-29(27(38)36-15-4-8-24(37)19-36,14-9-25(26)23-6-2-1-3-7-23)39-20-22-10-16-35(17-11-22)21-28(12-5-13-28)30(32,33)34/h1-3,6-7,9,14,22,24,37H,4-5,8,10-13,15-21H2/t24-,29?/m1/s1. The maximum atomic E-state index is 15.6. The molecule has 0 aromatic heterocycles. The number of amides is 1. The van der Waals surface area contributed by atoms with Gasteiger partial charge in [-0.05, 0) is 69.2 Å². The number of halogens is 4. The number of carbonyl (C=O) groups is 1. The van der Waals surface area contributed by atoms with E-state index >= 15 is 4.39 Å². The molecule has 1 amide bonds. The fraction of sp³-hybridized carbons (Fsp3) is 0.633. The van der Waals surface area contributed by atoms with Crippen LogP contribution in [0, 0.1) is 11.3 Å². The molecule has 9 heteroatoms. The number of hydrogen-bond donors (Lipinski definition) is 1. The second-order valence-corrected chi connectivity index (χ2v) is 11.8. The Morgan fingerprint density at radius 3 is 2.36 bits per heavy atom. The van der Waals surface area contributed by atoms with Gasteiger partial charge < -0.3 is 19.6 Å². The van der Waals surface area contributed by atoms with Gasteiger partial charge in [0.15, 0.2) is 5.60 Å². The minimum absolute atomic E-state index is 0.0464. The minimum atomic E-state index is -4.18. The van der Waals surface area contributed by atoms with Gasteiger partial charge in [-0.15, -0.1) is 0 Å². The molecule has 2 heterocycles. The van der Waals surface area contributed by atoms with Crippen molar-refractivity contribution in [1.29, 1.82) is 0 Å². The summed E-state index contributed by atoms with van der Waals surface area (Å²) in [6.45, 7) is 2.03. The smallest absolute Gasteiger partial charge is 0.391 e. The van der Waals surface area contributed by atoms with Gasteiger partial charge in [0.1, 0.15) is 5.83 Å². The van der Waals surface area contributed by atoms with Crippen LogP contribution in [0.2, 0.25) is 0 Å². The number of ether oxygens (including phenoxy) is 1. The summed E-state index contributed by atoms with van der Waals surface area (Å²) in [6, 6.07) is 9.14. The monoisotopic (exact) mass is 550 g/mol. The summed E-state index contributed by atoms with van der Waals surface area (Å²) in [4.78, 5) is 17.2. The minimum Gasteiger partial charge on any atom is -0.391 e. The SMILES string of the molecule is O=C(N1CCC[C@@H](O)C1)C1(OCC2CCN(CC3(C(F)(F)F)CCC3)CC2)C=CC(c2ccccc2)=C(F)C1. The summed E-state index contributed by atoms with van der Waals surface area (Å²) in [7, 11) is 0. The van der Waals surface area contributed by atoms with Crippen molar-refractivity contribution in [2.24, 2.45) is 11.3 Å². The summed E-state index contributed by atoms with van der Waals surface area (Å²) in [6.07, 6.45) is 1.88. The number of allylic oxidation sites excluding steroid dienone is 2. The third-order valence-corrected chi connectivity index (χ3v) is 9.08. The van der Waals surface area contributed by atoms with E-state index in [-0.39, 0.29) is 50.8 Å². The number of piperidine rings is 2. The van der Waals surface area contributed by atoms with Crippen LogP contribution >= 0.6 is 0 Å². The summed E-state index contributed by atoms with van der Waals surface area (Å²) >= 11 is 0. The average molecular weight is 551 g/mol. The van der Waals surface area contributed by atoms with Crippen LogP contribution in [0.3, 0.4) is 0 Å². The number of carbonyl (C=O) groups excluding carboxylic acids is 1. The quantitative estimate of drug-likeness (QED) is 0.455. The van der Waals surface area contributed by atoms with E-state index in [1.807, 2.05) is 35.2 Å². The van der Waals surface area contributed by atoms with Crippen LogP contribution in [0.25, 0.3) is 5.57 Å². The lowest BCUT2D eigenvalue weighted by Gasteiger charge is -2.47. The molecule has 4 aliphatic rings. The topological polar surface area (TPSA) is 53.0 Å². The van der Waals surface area contributed by atoms with Crippen LogP contribution in [-0.2, 0) is 9.53 Å². The lowest BCUT2D eigenvalue weighted by molar-refractivity contribution is -0.256. The predicted molar refractivity (Wildman–Crippen MR) is 140 cm³/mol. The Labute approximate surface area is 227 Å². The zero-order valence-corrected chi connectivity index (χ0v) is 22.3. The molecule has 39 heavy (non-hydrogen) atoms. The van der Waals surface area contributed by atoms with Gasteiger partial charge in [-0.2, -0.15) is 13.2 Å². The average Bonchev–Trinajstić information content (AvgIpc) is 2.89. The largest absolute Gasteiger partial charge is 0.395 e. The van der Waals surface area contributed by atoms with Crippen molar-refractivity contribution in [3.05, 3.63) is 53.9 Å². The summed E-state index contributed by atoms with van der Waals surface area (Å²) in [5.74, 6) is -0.714. The second-order valence-electron chi connectivity index (χ2n) is 11.8. The Balaban J connectivity index is 1.25. The predicted octanol–water partition coefficient (Wildman–Crippen LogP) is 5.51. The van der Waals surface area contributed by atoms with Crippen LogP contribution < -0.4 is 0 Å². The van der Waals surface area contributed by atoms with Crippen molar-refractivity contribution in [2.75, 3.05) is 39.3 Å². The molecular weight excluding hydrogens is 512 g/mol. The van der Waals surface area contributed by atoms with Crippen LogP contribution in [-0.4, -0.2) is 78.0 Å². The molecule has 5 rings (SSSR count). The van der Waals surface area contributed by atoms with Gasteiger partial charge in [0.25, 0.3) is 5.91 Å². The van der Waals surface area contributed by atoms with Crippen LogP contribution in [0.1, 0.15) is 56.9 Å². The molecule has 1 aromatic carbocycles. The molecule has 3 fully saturated rings. The van der Waals surface area contributed by atoms with Gasteiger partial charge in [-0.3, -0.25) is 4.79 Å². The molecule has 2 saturated heterocycles. The summed E-state index contributed by atoms with van der Waals surface area (Å²) in [5.41, 5.74) is -1.94. The molecule has 2 atom stereocenters. The second kappa shape index (κ2) is 11.3. The Kier molecular flexibility index (Phi) is 8.23. The fourth-order valence-electron chi connectivity index (χ4n) is 6.42. The third kappa shape index (κ3) is 5.95. The van der Waals surface area contributed by atoms with Gasteiger partial charge in [0, 0.05) is 31.6 Å². The zero-order chi connectivity index (χ0) is 27.7. The lowest BCUT2D eigenvalue weighted by atomic mass is 9.67. The molecule has 2 aliphatic heterocycles. The molecule has 0 bridgehead atoms. The van der Waals surface area contributed by atoms with E-state index in [0.29, 0.717) is 57.3 Å². The highest BCUT2D eigenvalue weighted by atomic mass is 19.4. The highest BCUT2D eigenvalue weighted by Gasteiger charge is 2.58. The maximum absolute atomic E-state index is 15.6. The van der Waals surface area contributed by atoms with E-state index in [4.69, 9.17) is 4.74 Å². The van der Waals surface area contributed by atoms with E-state index in [1.54, 1.807) is 17.1 Å². The highest BCUT2D eigenvalue weighted by Crippen LogP contribution is 2.53. The van der Waals surface area contributed by atoms with Gasteiger partial charge in [0.2, 0.25) is 0 Å². The number of benzene rings is 1. The number of nitrogens with zero attached hydrogens (tertiary/aromatic N) is 2. The number of β-amino-alcohol motifs (C(OH)–C–C–N with tert-alkyl or cyclic N) is 1. The molecule has 1 unspecified atom stereocenters. The van der Waals surface area contributed by atoms with Crippen molar-refractivity contribution in [3.63, 3.8) is 0 Å². The molecule has 1 N–H and O–H groups in total. The number of aliphatic hydroxyl groups is 1. The number of rotatable bonds is 7. The Morgan fingerprint density at radius 1 is 1.05 bits per heavy atom. The third-order valence-electron chi connectivity index (χ3n) is 9.08. The molecule has 2 aliphatic carbocycles. The Bertz CT molecular complexity index is 1080. The van der Waals surface area contributed by atoms with Gasteiger partial charge in [-0.1, -0.05) is 42.8 Å². The summed E-state index contributed by atoms with van der Waals surface area (Å²) in [5, 5.41) is 10.2. The molecule has 0 radical (unpaired) electrons. The first kappa shape index (κ1) is 28.3. The van der Waals surface area contributed by atoms with Gasteiger partial charge in [0.05, 0.1) is 18.1 Å². The van der Waals surface area contributed by atoms with E-state index in [1.165, 1.54) is 0 Å². The first-order valence-corrected chi connectivity index (χ1v) is 14.1. The first-order valence-electron chi connectivity index (χ1n) is 14.1. The fourth-order valence-corrected chi connectivity index (χ4v) is 6.42. The van der Waals surface area contributed by atoms with Gasteiger partial charge >= 0.3 is 6.18 Å². The zero-order valence-electron chi connectivity index (χ0n) is 22.3. The number of likely N-dealkylation sites (tertiary alicyclic amines) is 2. The van der Waals surface area contributed by atoms with Gasteiger partial charge in [-0.25, -0.2) is 4.39 Å². The van der Waals surface area contributed by atoms with Crippen molar-refractivity contribution in [3.8, 4) is 0 Å². The van der Waals surface area contributed by atoms with E-state index < -0.39 is 29.1 Å². The molecule has 1 saturated carbocycles. The van der Waals surface area contributed by atoms with Crippen LogP contribution in [0.15, 0.2) is 48.3 Å². The normalized spacial score (nSPS) is 28.4.